The predicted molar refractivity (Wildman–Crippen MR) is 88.6 cm³/mol. The van der Waals surface area contributed by atoms with Crippen LogP contribution in [0.15, 0.2) is 48.5 Å². The van der Waals surface area contributed by atoms with Gasteiger partial charge < -0.3 is 16.0 Å². The second-order valence-corrected chi connectivity index (χ2v) is 4.92. The highest BCUT2D eigenvalue weighted by molar-refractivity contribution is 5.95. The van der Waals surface area contributed by atoms with Crippen molar-refractivity contribution in [2.24, 2.45) is 0 Å². The summed E-state index contributed by atoms with van der Waals surface area (Å²) in [6.45, 7) is 5.02. The highest BCUT2D eigenvalue weighted by Crippen LogP contribution is 2.20. The minimum absolute atomic E-state index is 0.0468. The molecule has 0 aliphatic rings. The topological polar surface area (TPSA) is 58.4 Å². The second kappa shape index (κ2) is 6.79. The third kappa shape index (κ3) is 3.75. The molecule has 4 nitrogen and oxygen atoms in total. The molecule has 0 spiro atoms. The first-order chi connectivity index (χ1) is 10.1. The van der Waals surface area contributed by atoms with Crippen molar-refractivity contribution in [3.63, 3.8) is 0 Å². The molecule has 2 aromatic carbocycles. The zero-order valence-corrected chi connectivity index (χ0v) is 12.5. The van der Waals surface area contributed by atoms with E-state index in [0.717, 1.165) is 23.5 Å². The largest absolute Gasteiger partial charge is 0.398 e. The quantitative estimate of drug-likeness (QED) is 0.829. The third-order valence-electron chi connectivity index (χ3n) is 3.49. The maximum Gasteiger partial charge on any atom is 0.243 e. The molecular formula is C17H21N3O. The Labute approximate surface area is 125 Å². The van der Waals surface area contributed by atoms with Crippen LogP contribution in [0.5, 0.6) is 0 Å². The van der Waals surface area contributed by atoms with Gasteiger partial charge in [0, 0.05) is 23.6 Å². The molecule has 0 aliphatic carbocycles. The van der Waals surface area contributed by atoms with Crippen LogP contribution in [-0.2, 0) is 4.79 Å². The molecule has 0 aromatic heterocycles. The van der Waals surface area contributed by atoms with E-state index >= 15 is 0 Å². The molecule has 0 saturated carbocycles. The Hall–Kier alpha value is -2.49. The first kappa shape index (κ1) is 14.9. The minimum atomic E-state index is -0.0468. The van der Waals surface area contributed by atoms with E-state index in [-0.39, 0.29) is 5.91 Å². The summed E-state index contributed by atoms with van der Waals surface area (Å²) in [6.07, 6.45) is 0. The van der Waals surface area contributed by atoms with Crippen LogP contribution in [0.3, 0.4) is 0 Å². The number of nitrogens with two attached hydrogens (primary N) is 1. The van der Waals surface area contributed by atoms with E-state index in [1.54, 1.807) is 0 Å². The smallest absolute Gasteiger partial charge is 0.243 e. The van der Waals surface area contributed by atoms with Crippen LogP contribution in [0.2, 0.25) is 0 Å². The number of benzene rings is 2. The number of para-hydroxylation sites is 1. The number of hydrogen-bond acceptors (Lipinski definition) is 3. The monoisotopic (exact) mass is 283 g/mol. The summed E-state index contributed by atoms with van der Waals surface area (Å²) in [5, 5.41) is 2.92. The fraction of sp³-hybridized carbons (Fsp3) is 0.235. The molecule has 0 unspecified atom stereocenters. The van der Waals surface area contributed by atoms with Gasteiger partial charge in [-0.15, -0.1) is 0 Å². The molecule has 0 bridgehead atoms. The van der Waals surface area contributed by atoms with Gasteiger partial charge >= 0.3 is 0 Å². The van der Waals surface area contributed by atoms with Crippen molar-refractivity contribution < 1.29 is 4.79 Å². The maximum absolute atomic E-state index is 12.2. The Bertz CT molecular complexity index is 611. The van der Waals surface area contributed by atoms with Gasteiger partial charge in [0.15, 0.2) is 0 Å². The molecule has 0 atom stereocenters. The number of carbonyl (C=O) groups excluding carboxylic acids is 1. The number of anilines is 3. The molecule has 4 heteroatoms. The van der Waals surface area contributed by atoms with E-state index in [2.05, 4.69) is 5.32 Å². The number of carbonyl (C=O) groups is 1. The highest BCUT2D eigenvalue weighted by atomic mass is 16.2. The molecule has 2 rings (SSSR count). The van der Waals surface area contributed by atoms with Crippen LogP contribution < -0.4 is 16.0 Å². The third-order valence-corrected chi connectivity index (χ3v) is 3.49. The van der Waals surface area contributed by atoms with Crippen LogP contribution in [0, 0.1) is 6.92 Å². The van der Waals surface area contributed by atoms with Gasteiger partial charge in [0.25, 0.3) is 0 Å². The van der Waals surface area contributed by atoms with E-state index < -0.39 is 0 Å². The van der Waals surface area contributed by atoms with Crippen LogP contribution in [-0.4, -0.2) is 19.0 Å². The van der Waals surface area contributed by atoms with Crippen molar-refractivity contribution in [1.29, 1.82) is 0 Å². The van der Waals surface area contributed by atoms with Gasteiger partial charge in [0.1, 0.15) is 0 Å². The van der Waals surface area contributed by atoms with Gasteiger partial charge in [-0.2, -0.15) is 0 Å². The number of nitrogens with zero attached hydrogens (tertiary/aromatic N) is 1. The van der Waals surface area contributed by atoms with Crippen molar-refractivity contribution in [2.45, 2.75) is 13.8 Å². The average molecular weight is 283 g/mol. The van der Waals surface area contributed by atoms with Crippen LogP contribution in [0.1, 0.15) is 12.5 Å². The van der Waals surface area contributed by atoms with Crippen molar-refractivity contribution in [1.82, 2.24) is 0 Å². The summed E-state index contributed by atoms with van der Waals surface area (Å²) in [4.78, 5) is 14.2. The van der Waals surface area contributed by atoms with Crippen LogP contribution >= 0.6 is 0 Å². The maximum atomic E-state index is 12.2. The van der Waals surface area contributed by atoms with E-state index in [4.69, 9.17) is 5.73 Å². The number of amides is 1. The normalized spacial score (nSPS) is 10.2. The molecule has 0 saturated heterocycles. The van der Waals surface area contributed by atoms with Gasteiger partial charge in [-0.05, 0) is 43.7 Å². The number of likely N-dealkylation sites (N-methyl/N-ethyl adjacent to an activating group) is 1. The number of nitrogens with one attached hydrogen (secondary N) is 1. The van der Waals surface area contributed by atoms with Crippen molar-refractivity contribution in [2.75, 3.05) is 29.0 Å². The number of hydrogen-bond donors (Lipinski definition) is 2. The van der Waals surface area contributed by atoms with Gasteiger partial charge in [0.2, 0.25) is 5.91 Å². The standard InChI is InChI=1S/C17H21N3O/c1-3-20(14-8-5-4-6-9-14)12-17(21)19-16-11-7-10-15(18)13(16)2/h4-11H,3,12,18H2,1-2H3,(H,19,21). The Balaban J connectivity index is 2.05. The lowest BCUT2D eigenvalue weighted by atomic mass is 10.1. The van der Waals surface area contributed by atoms with E-state index in [9.17, 15) is 4.79 Å². The van der Waals surface area contributed by atoms with Crippen LogP contribution in [0.25, 0.3) is 0 Å². The summed E-state index contributed by atoms with van der Waals surface area (Å²) < 4.78 is 0. The fourth-order valence-electron chi connectivity index (χ4n) is 2.18. The Morgan fingerprint density at radius 1 is 1.14 bits per heavy atom. The molecule has 0 heterocycles. The van der Waals surface area contributed by atoms with Crippen molar-refractivity contribution in [3.05, 3.63) is 54.1 Å². The molecule has 110 valence electrons. The molecule has 0 radical (unpaired) electrons. The SMILES string of the molecule is CCN(CC(=O)Nc1cccc(N)c1C)c1ccccc1. The summed E-state index contributed by atoms with van der Waals surface area (Å²) in [7, 11) is 0. The van der Waals surface area contributed by atoms with E-state index in [1.165, 1.54) is 0 Å². The second-order valence-electron chi connectivity index (χ2n) is 4.92. The average Bonchev–Trinajstić information content (AvgIpc) is 2.50. The molecule has 0 aliphatic heterocycles. The van der Waals surface area contributed by atoms with Gasteiger partial charge in [-0.25, -0.2) is 0 Å². The van der Waals surface area contributed by atoms with Crippen LogP contribution in [0.4, 0.5) is 17.1 Å². The Kier molecular flexibility index (Phi) is 4.82. The minimum Gasteiger partial charge on any atom is -0.398 e. The zero-order chi connectivity index (χ0) is 15.2. The Morgan fingerprint density at radius 2 is 1.86 bits per heavy atom. The molecule has 0 fully saturated rings. The molecule has 21 heavy (non-hydrogen) atoms. The summed E-state index contributed by atoms with van der Waals surface area (Å²) in [6, 6.07) is 15.4. The lowest BCUT2D eigenvalue weighted by Gasteiger charge is -2.22. The summed E-state index contributed by atoms with van der Waals surface area (Å²) in [5.74, 6) is -0.0468. The lowest BCUT2D eigenvalue weighted by Crippen LogP contribution is -2.33. The molecule has 2 aromatic rings. The molecule has 3 N–H and O–H groups in total. The number of rotatable bonds is 5. The zero-order valence-electron chi connectivity index (χ0n) is 12.5. The summed E-state index contributed by atoms with van der Waals surface area (Å²) in [5.41, 5.74) is 9.24. The van der Waals surface area contributed by atoms with Gasteiger partial charge in [-0.1, -0.05) is 24.3 Å². The predicted octanol–water partition coefficient (Wildman–Crippen LogP) is 3.04. The first-order valence-corrected chi connectivity index (χ1v) is 7.06. The van der Waals surface area contributed by atoms with Crippen molar-refractivity contribution in [3.8, 4) is 0 Å². The number of nitrogen functional groups attached to an aromatic ring is 1. The Morgan fingerprint density at radius 3 is 2.52 bits per heavy atom. The van der Waals surface area contributed by atoms with E-state index in [1.807, 2.05) is 67.3 Å². The lowest BCUT2D eigenvalue weighted by molar-refractivity contribution is -0.115. The van der Waals surface area contributed by atoms with Gasteiger partial charge in [0.05, 0.1) is 6.54 Å². The fourth-order valence-corrected chi connectivity index (χ4v) is 2.18. The molecule has 1 amide bonds. The van der Waals surface area contributed by atoms with Crippen molar-refractivity contribution >= 4 is 23.0 Å². The summed E-state index contributed by atoms with van der Waals surface area (Å²) >= 11 is 0. The van der Waals surface area contributed by atoms with E-state index in [0.29, 0.717) is 12.2 Å². The molecular weight excluding hydrogens is 262 g/mol. The first-order valence-electron chi connectivity index (χ1n) is 7.06. The van der Waals surface area contributed by atoms with Gasteiger partial charge in [-0.3, -0.25) is 4.79 Å². The highest BCUT2D eigenvalue weighted by Gasteiger charge is 2.11.